The number of aliphatic carboxylic acids is 1. The van der Waals surface area contributed by atoms with Crippen LogP contribution in [-0.4, -0.2) is 57.9 Å². The number of hydrogen-bond donors (Lipinski definition) is 3. The summed E-state index contributed by atoms with van der Waals surface area (Å²) in [6.45, 7) is 2.38. The smallest absolute Gasteiger partial charge is 0.303 e. The van der Waals surface area contributed by atoms with Gasteiger partial charge in [-0.25, -0.2) is 0 Å². The normalized spacial score (nSPS) is 23.8. The van der Waals surface area contributed by atoms with Crippen molar-refractivity contribution in [3.8, 4) is 0 Å². The molecule has 2 heterocycles. The van der Waals surface area contributed by atoms with Crippen LogP contribution in [-0.2, 0) is 9.53 Å². The number of nitrogens with one attached hydrogen (secondary N) is 2. The fraction of sp³-hybridized carbons (Fsp3) is 0.560. The van der Waals surface area contributed by atoms with Crippen LogP contribution in [0.3, 0.4) is 0 Å². The highest BCUT2D eigenvalue weighted by Crippen LogP contribution is 2.44. The highest BCUT2D eigenvalue weighted by atomic mass is 32.2. The minimum Gasteiger partial charge on any atom is -0.481 e. The summed E-state index contributed by atoms with van der Waals surface area (Å²) < 4.78 is 7.11. The van der Waals surface area contributed by atoms with Gasteiger partial charge in [0.15, 0.2) is 0 Å². The van der Waals surface area contributed by atoms with E-state index in [1.807, 2.05) is 30.3 Å². The molecule has 0 unspecified atom stereocenters. The molecule has 0 spiro atoms. The van der Waals surface area contributed by atoms with Gasteiger partial charge in [0.05, 0.1) is 21.4 Å². The number of thioether (sulfide) groups is 1. The molecule has 2 bridgehead atoms. The van der Waals surface area contributed by atoms with Crippen LogP contribution >= 0.6 is 36.2 Å². The number of carbonyl (C=O) groups is 1. The quantitative estimate of drug-likeness (QED) is 0.192. The summed E-state index contributed by atoms with van der Waals surface area (Å²) in [4.78, 5) is 11.5. The molecule has 1 aromatic rings. The van der Waals surface area contributed by atoms with Gasteiger partial charge >= 0.3 is 5.97 Å². The summed E-state index contributed by atoms with van der Waals surface area (Å²) >= 11 is 12.7. The number of fused-ring (bicyclic) bond motifs is 2. The maximum Gasteiger partial charge on any atom is 0.303 e. The highest BCUT2D eigenvalue weighted by Gasteiger charge is 2.47. The van der Waals surface area contributed by atoms with E-state index in [-0.39, 0.29) is 6.42 Å². The van der Waals surface area contributed by atoms with E-state index < -0.39 is 5.97 Å². The molecular formula is C25H34N2O3S3. The van der Waals surface area contributed by atoms with Crippen molar-refractivity contribution >= 4 is 51.4 Å². The molecule has 8 heteroatoms. The summed E-state index contributed by atoms with van der Waals surface area (Å²) in [5, 5.41) is 15.6. The third-order valence-electron chi connectivity index (χ3n) is 6.27. The van der Waals surface area contributed by atoms with Crippen molar-refractivity contribution in [2.45, 2.75) is 50.7 Å². The Hall–Kier alpha value is -1.32. The molecule has 4 atom stereocenters. The van der Waals surface area contributed by atoms with Crippen molar-refractivity contribution in [2.24, 2.45) is 11.8 Å². The zero-order valence-corrected chi connectivity index (χ0v) is 21.4. The molecule has 33 heavy (non-hydrogen) atoms. The number of carboxylic acids is 1. The molecule has 0 aliphatic carbocycles. The standard InChI is InChI=1S/C25H34N2O3S3/c28-24(29)11-7-2-1-6-10-19-20(22-13-12-21(19)30-22)16-27-23(31)17-26-14-15-33-25(32)18-8-4-3-5-9-18/h1,3-6,8-9,19-22,26H,2,7,10-17H2,(H,27,31)(H,28,29)/t19-,20+,21-,22+/m0/s1. The molecule has 0 aromatic heterocycles. The van der Waals surface area contributed by atoms with Crippen molar-refractivity contribution in [3.63, 3.8) is 0 Å². The van der Waals surface area contributed by atoms with Crippen molar-refractivity contribution < 1.29 is 14.6 Å². The molecule has 0 saturated carbocycles. The maximum atomic E-state index is 10.6. The second-order valence-corrected chi connectivity index (χ2v) is 10.9. The Balaban J connectivity index is 1.30. The zero-order chi connectivity index (χ0) is 23.5. The summed E-state index contributed by atoms with van der Waals surface area (Å²) in [7, 11) is 0. The Morgan fingerprint density at radius 1 is 1.15 bits per heavy atom. The molecule has 2 aliphatic heterocycles. The van der Waals surface area contributed by atoms with Gasteiger partial charge in [0.1, 0.15) is 0 Å². The van der Waals surface area contributed by atoms with Crippen LogP contribution < -0.4 is 10.6 Å². The second-order valence-electron chi connectivity index (χ2n) is 8.59. The topological polar surface area (TPSA) is 70.6 Å². The number of benzene rings is 1. The largest absolute Gasteiger partial charge is 0.481 e. The molecule has 0 amide bonds. The van der Waals surface area contributed by atoms with Crippen molar-refractivity contribution in [3.05, 3.63) is 48.0 Å². The van der Waals surface area contributed by atoms with E-state index in [1.165, 1.54) is 0 Å². The number of ether oxygens (including phenoxy) is 1. The predicted molar refractivity (Wildman–Crippen MR) is 144 cm³/mol. The Kier molecular flexibility index (Phi) is 11.3. The van der Waals surface area contributed by atoms with E-state index in [9.17, 15) is 4.79 Å². The monoisotopic (exact) mass is 506 g/mol. The van der Waals surface area contributed by atoms with Gasteiger partial charge in [-0.1, -0.05) is 66.9 Å². The van der Waals surface area contributed by atoms with E-state index in [2.05, 4.69) is 22.8 Å². The lowest BCUT2D eigenvalue weighted by Crippen LogP contribution is -2.40. The Morgan fingerprint density at radius 2 is 1.91 bits per heavy atom. The summed E-state index contributed by atoms with van der Waals surface area (Å²) in [6, 6.07) is 10.1. The fourth-order valence-electron chi connectivity index (χ4n) is 4.59. The first-order valence-electron chi connectivity index (χ1n) is 11.8. The van der Waals surface area contributed by atoms with E-state index in [1.54, 1.807) is 11.8 Å². The Morgan fingerprint density at radius 3 is 2.67 bits per heavy atom. The third-order valence-corrected chi connectivity index (χ3v) is 8.05. The molecule has 2 saturated heterocycles. The molecule has 1 aromatic carbocycles. The lowest BCUT2D eigenvalue weighted by Gasteiger charge is -2.28. The highest BCUT2D eigenvalue weighted by molar-refractivity contribution is 8.23. The number of allylic oxidation sites excluding steroid dienone is 2. The summed E-state index contributed by atoms with van der Waals surface area (Å²) in [6.07, 6.45) is 10.0. The lowest BCUT2D eigenvalue weighted by atomic mass is 9.77. The van der Waals surface area contributed by atoms with E-state index in [0.29, 0.717) is 37.0 Å². The predicted octanol–water partition coefficient (Wildman–Crippen LogP) is 4.60. The molecule has 2 aliphatic rings. The van der Waals surface area contributed by atoms with Gasteiger partial charge in [-0.05, 0) is 43.6 Å². The SMILES string of the molecule is O=C(O)CCCC=CC[C@H]1[C@@H](CNC(=S)CNCCSC(=S)c2ccccc2)[C@H]2CC[C@@H]1O2. The number of carboxylic acid groups (broad SMARTS) is 1. The second kappa shape index (κ2) is 14.2. The number of unbranched alkanes of at least 4 members (excludes halogenated alkanes) is 1. The molecule has 3 rings (SSSR count). The van der Waals surface area contributed by atoms with Gasteiger partial charge in [0.2, 0.25) is 0 Å². The summed E-state index contributed by atoms with van der Waals surface area (Å²) in [5.74, 6) is 1.18. The van der Waals surface area contributed by atoms with Gasteiger partial charge in [-0.2, -0.15) is 0 Å². The molecular weight excluding hydrogens is 472 g/mol. The van der Waals surface area contributed by atoms with Crippen molar-refractivity contribution in [1.82, 2.24) is 10.6 Å². The van der Waals surface area contributed by atoms with Crippen LogP contribution in [0.25, 0.3) is 0 Å². The average Bonchev–Trinajstić information content (AvgIpc) is 3.42. The van der Waals surface area contributed by atoms with E-state index in [0.717, 1.165) is 59.3 Å². The first-order chi connectivity index (χ1) is 16.0. The maximum absolute atomic E-state index is 10.6. The van der Waals surface area contributed by atoms with Gasteiger partial charge in [-0.3, -0.25) is 4.79 Å². The van der Waals surface area contributed by atoms with E-state index in [4.69, 9.17) is 34.3 Å². The number of hydrogen-bond acceptors (Lipinski definition) is 6. The average molecular weight is 507 g/mol. The fourth-order valence-corrected chi connectivity index (χ4v) is 5.90. The third kappa shape index (κ3) is 8.76. The Labute approximate surface area is 212 Å². The van der Waals surface area contributed by atoms with Crippen LogP contribution in [0.4, 0.5) is 0 Å². The first kappa shape index (κ1) is 26.3. The molecule has 2 fully saturated rings. The van der Waals surface area contributed by atoms with Crippen LogP contribution in [0.2, 0.25) is 0 Å². The molecule has 5 nitrogen and oxygen atoms in total. The van der Waals surface area contributed by atoms with Crippen molar-refractivity contribution in [1.29, 1.82) is 0 Å². The van der Waals surface area contributed by atoms with Crippen LogP contribution in [0.5, 0.6) is 0 Å². The number of thiocarbonyl (C=S) groups is 2. The first-order valence-corrected chi connectivity index (χ1v) is 13.6. The zero-order valence-electron chi connectivity index (χ0n) is 18.9. The number of rotatable bonds is 14. The molecule has 0 radical (unpaired) electrons. The van der Waals surface area contributed by atoms with Crippen LogP contribution in [0.15, 0.2) is 42.5 Å². The minimum absolute atomic E-state index is 0.234. The summed E-state index contributed by atoms with van der Waals surface area (Å²) in [5.41, 5.74) is 1.10. The Bertz CT molecular complexity index is 818. The molecule has 3 N–H and O–H groups in total. The van der Waals surface area contributed by atoms with Gasteiger partial charge in [0.25, 0.3) is 0 Å². The minimum atomic E-state index is -0.726. The van der Waals surface area contributed by atoms with Gasteiger partial charge < -0.3 is 20.5 Å². The van der Waals surface area contributed by atoms with Crippen LogP contribution in [0.1, 0.15) is 44.1 Å². The molecule has 180 valence electrons. The lowest BCUT2D eigenvalue weighted by molar-refractivity contribution is -0.137. The van der Waals surface area contributed by atoms with Gasteiger partial charge in [0, 0.05) is 37.7 Å². The van der Waals surface area contributed by atoms with Crippen molar-refractivity contribution in [2.75, 3.05) is 25.4 Å². The van der Waals surface area contributed by atoms with E-state index >= 15 is 0 Å². The van der Waals surface area contributed by atoms with Gasteiger partial charge in [-0.15, -0.1) is 11.8 Å². The van der Waals surface area contributed by atoms with Crippen LogP contribution in [0, 0.1) is 11.8 Å².